The molecule has 2 N–H and O–H groups in total. The van der Waals surface area contributed by atoms with Crippen LogP contribution in [-0.2, 0) is 17.8 Å². The van der Waals surface area contributed by atoms with E-state index in [4.69, 9.17) is 5.11 Å². The molecule has 0 saturated heterocycles. The number of amides is 1. The second-order valence-electron chi connectivity index (χ2n) is 7.11. The Morgan fingerprint density at radius 1 is 0.938 bits per heavy atom. The minimum atomic E-state index is -1.04. The van der Waals surface area contributed by atoms with Gasteiger partial charge in [0, 0.05) is 17.1 Å². The van der Waals surface area contributed by atoms with Gasteiger partial charge in [-0.05, 0) is 48.0 Å². The number of nitrogens with one attached hydrogen (secondary N) is 1. The predicted molar refractivity (Wildman–Crippen MR) is 111 cm³/mol. The zero-order valence-electron chi connectivity index (χ0n) is 16.5. The number of anilines is 1. The van der Waals surface area contributed by atoms with Gasteiger partial charge in [0.1, 0.15) is 17.5 Å². The largest absolute Gasteiger partial charge is 0.481 e. The molecule has 9 heteroatoms. The third-order valence-electron chi connectivity index (χ3n) is 4.83. The summed E-state index contributed by atoms with van der Waals surface area (Å²) in [5.74, 6) is -3.97. The molecule has 0 aliphatic rings. The average Bonchev–Trinajstić information content (AvgIpc) is 3.05. The first-order valence-corrected chi connectivity index (χ1v) is 9.52. The van der Waals surface area contributed by atoms with E-state index in [-0.39, 0.29) is 18.5 Å². The summed E-state index contributed by atoms with van der Waals surface area (Å²) in [6, 6.07) is 13.3. The molecule has 0 radical (unpaired) electrons. The second-order valence-corrected chi connectivity index (χ2v) is 7.11. The number of benzene rings is 3. The van der Waals surface area contributed by atoms with Crippen molar-refractivity contribution in [3.63, 3.8) is 0 Å². The summed E-state index contributed by atoms with van der Waals surface area (Å²) in [5, 5.41) is 16.5. The Hall–Kier alpha value is -4.14. The van der Waals surface area contributed by atoms with Crippen molar-refractivity contribution in [1.29, 1.82) is 0 Å². The van der Waals surface area contributed by atoms with Gasteiger partial charge in [0.2, 0.25) is 0 Å². The molecular formula is C23H16F3N3O3. The molecular weight excluding hydrogens is 423 g/mol. The maximum Gasteiger partial charge on any atom is 0.309 e. The Balaban J connectivity index is 1.54. The van der Waals surface area contributed by atoms with E-state index in [2.05, 4.69) is 10.4 Å². The molecule has 32 heavy (non-hydrogen) atoms. The number of halogens is 3. The van der Waals surface area contributed by atoms with Crippen molar-refractivity contribution >= 4 is 28.5 Å². The number of nitrogens with zero attached hydrogens (tertiary/aromatic N) is 2. The molecule has 0 atom stereocenters. The number of carboxylic acid groups (broad SMARTS) is 1. The maximum atomic E-state index is 13.8. The van der Waals surface area contributed by atoms with Gasteiger partial charge < -0.3 is 10.4 Å². The Morgan fingerprint density at radius 2 is 1.62 bits per heavy atom. The topological polar surface area (TPSA) is 84.2 Å². The Labute approximate surface area is 179 Å². The van der Waals surface area contributed by atoms with E-state index < -0.39 is 29.3 Å². The van der Waals surface area contributed by atoms with E-state index in [9.17, 15) is 22.8 Å². The van der Waals surface area contributed by atoms with Gasteiger partial charge in [-0.2, -0.15) is 5.10 Å². The van der Waals surface area contributed by atoms with Gasteiger partial charge in [-0.25, -0.2) is 13.2 Å². The number of hydrogen-bond donors (Lipinski definition) is 2. The van der Waals surface area contributed by atoms with Crippen LogP contribution in [0.25, 0.3) is 10.9 Å². The van der Waals surface area contributed by atoms with Crippen molar-refractivity contribution in [2.24, 2.45) is 0 Å². The summed E-state index contributed by atoms with van der Waals surface area (Å²) >= 11 is 0. The minimum Gasteiger partial charge on any atom is -0.481 e. The van der Waals surface area contributed by atoms with E-state index in [1.165, 1.54) is 22.9 Å². The monoisotopic (exact) mass is 439 g/mol. The van der Waals surface area contributed by atoms with Crippen LogP contribution in [0.3, 0.4) is 0 Å². The smallest absolute Gasteiger partial charge is 0.309 e. The molecule has 4 aromatic rings. The number of hydrogen-bond acceptors (Lipinski definition) is 3. The van der Waals surface area contributed by atoms with E-state index >= 15 is 0 Å². The van der Waals surface area contributed by atoms with Crippen LogP contribution in [0.2, 0.25) is 0 Å². The van der Waals surface area contributed by atoms with Gasteiger partial charge in [0.25, 0.3) is 5.91 Å². The number of carboxylic acids is 1. The van der Waals surface area contributed by atoms with Gasteiger partial charge >= 0.3 is 5.97 Å². The summed E-state index contributed by atoms with van der Waals surface area (Å²) in [7, 11) is 0. The van der Waals surface area contributed by atoms with E-state index in [1.807, 2.05) is 0 Å². The molecule has 4 rings (SSSR count). The van der Waals surface area contributed by atoms with Gasteiger partial charge in [-0.1, -0.05) is 12.1 Å². The number of carbonyl (C=O) groups is 2. The van der Waals surface area contributed by atoms with Crippen molar-refractivity contribution in [2.45, 2.75) is 13.0 Å². The highest BCUT2D eigenvalue weighted by Gasteiger charge is 2.15. The van der Waals surface area contributed by atoms with Gasteiger partial charge in [-0.15, -0.1) is 0 Å². The highest BCUT2D eigenvalue weighted by Crippen LogP contribution is 2.22. The summed E-state index contributed by atoms with van der Waals surface area (Å²) in [4.78, 5) is 23.3. The number of fused-ring (bicyclic) bond motifs is 1. The lowest BCUT2D eigenvalue weighted by Gasteiger charge is -2.08. The summed E-state index contributed by atoms with van der Waals surface area (Å²) in [6.45, 7) is 0.236. The molecule has 1 heterocycles. The third kappa shape index (κ3) is 4.46. The molecule has 3 aromatic carbocycles. The molecule has 162 valence electrons. The lowest BCUT2D eigenvalue weighted by molar-refractivity contribution is -0.136. The summed E-state index contributed by atoms with van der Waals surface area (Å²) in [6.07, 6.45) is -0.292. The summed E-state index contributed by atoms with van der Waals surface area (Å²) < 4.78 is 42.0. The third-order valence-corrected chi connectivity index (χ3v) is 4.83. The van der Waals surface area contributed by atoms with Crippen LogP contribution in [0.4, 0.5) is 18.9 Å². The standard InChI is InChI=1S/C23H16F3N3O3/c24-14-3-7-17(19(26)9-14)23(32)27-16-5-1-13(2-6-16)12-29-21-10-15(25)4-8-18(21)20(28-29)11-22(30)31/h1-10H,11-12H2,(H,27,32)(H,30,31). The van der Waals surface area contributed by atoms with E-state index in [0.29, 0.717) is 28.4 Å². The Kier molecular flexibility index (Phi) is 5.63. The van der Waals surface area contributed by atoms with Crippen LogP contribution in [0, 0.1) is 17.5 Å². The van der Waals surface area contributed by atoms with Crippen molar-refractivity contribution in [2.75, 3.05) is 5.32 Å². The minimum absolute atomic E-state index is 0.236. The number of aliphatic carboxylic acids is 1. The zero-order valence-corrected chi connectivity index (χ0v) is 16.5. The predicted octanol–water partition coefficient (Wildman–Crippen LogP) is 4.38. The van der Waals surface area contributed by atoms with Crippen molar-refractivity contribution in [1.82, 2.24) is 9.78 Å². The molecule has 1 aromatic heterocycles. The molecule has 0 fully saturated rings. The van der Waals surface area contributed by atoms with Crippen molar-refractivity contribution < 1.29 is 27.9 Å². The number of carbonyl (C=O) groups excluding carboxylic acids is 1. The van der Waals surface area contributed by atoms with Crippen molar-refractivity contribution in [3.05, 3.63) is 94.9 Å². The first-order valence-electron chi connectivity index (χ1n) is 9.52. The van der Waals surface area contributed by atoms with Crippen LogP contribution in [-0.4, -0.2) is 26.8 Å². The molecule has 0 bridgehead atoms. The van der Waals surface area contributed by atoms with Crippen LogP contribution in [0.1, 0.15) is 21.6 Å². The van der Waals surface area contributed by atoms with Gasteiger partial charge in [-0.3, -0.25) is 14.3 Å². The van der Waals surface area contributed by atoms with Gasteiger partial charge in [0.05, 0.1) is 29.7 Å². The van der Waals surface area contributed by atoms with E-state index in [1.54, 1.807) is 24.3 Å². The fourth-order valence-corrected chi connectivity index (χ4v) is 3.35. The SMILES string of the molecule is O=C(O)Cc1nn(Cc2ccc(NC(=O)c3ccc(F)cc3F)cc2)c2cc(F)ccc12. The lowest BCUT2D eigenvalue weighted by Crippen LogP contribution is -2.14. The van der Waals surface area contributed by atoms with Gasteiger partial charge in [0.15, 0.2) is 0 Å². The highest BCUT2D eigenvalue weighted by atomic mass is 19.1. The lowest BCUT2D eigenvalue weighted by atomic mass is 10.1. The molecule has 0 spiro atoms. The zero-order chi connectivity index (χ0) is 22.8. The quantitative estimate of drug-likeness (QED) is 0.467. The fourth-order valence-electron chi connectivity index (χ4n) is 3.35. The van der Waals surface area contributed by atoms with Crippen molar-refractivity contribution in [3.8, 4) is 0 Å². The molecule has 0 aliphatic carbocycles. The van der Waals surface area contributed by atoms with E-state index in [0.717, 1.165) is 17.7 Å². The fraction of sp³-hybridized carbons (Fsp3) is 0.0870. The molecule has 6 nitrogen and oxygen atoms in total. The maximum absolute atomic E-state index is 13.8. The molecule has 0 unspecified atom stereocenters. The van der Waals surface area contributed by atoms with Crippen LogP contribution < -0.4 is 5.32 Å². The van der Waals surface area contributed by atoms with Crippen LogP contribution in [0.5, 0.6) is 0 Å². The average molecular weight is 439 g/mol. The second kappa shape index (κ2) is 8.54. The first kappa shape index (κ1) is 21.1. The first-order chi connectivity index (χ1) is 15.3. The molecule has 1 amide bonds. The van der Waals surface area contributed by atoms with Crippen LogP contribution in [0.15, 0.2) is 60.7 Å². The number of aromatic nitrogens is 2. The van der Waals surface area contributed by atoms with Crippen LogP contribution >= 0.6 is 0 Å². The highest BCUT2D eigenvalue weighted by molar-refractivity contribution is 6.04. The molecule has 0 saturated carbocycles. The molecule has 0 aliphatic heterocycles. The normalized spacial score (nSPS) is 11.0. The Morgan fingerprint density at radius 3 is 2.31 bits per heavy atom. The summed E-state index contributed by atoms with van der Waals surface area (Å²) in [5.41, 5.74) is 1.66. The number of rotatable bonds is 6. The Bertz CT molecular complexity index is 1330.